The Hall–Kier alpha value is -4.27. The molecule has 0 spiro atoms. The summed E-state index contributed by atoms with van der Waals surface area (Å²) in [7, 11) is 0. The summed E-state index contributed by atoms with van der Waals surface area (Å²) in [6, 6.07) is 14.1. The molecule has 1 fully saturated rings. The lowest BCUT2D eigenvalue weighted by Gasteiger charge is -2.29. The fraction of sp³-hybridized carbons (Fsp3) is 0.269. The lowest BCUT2D eigenvalue weighted by atomic mass is 10.0. The number of aromatic nitrogens is 2. The number of ether oxygens (including phenoxy) is 2. The average Bonchev–Trinajstić information content (AvgIpc) is 3.53. The number of nitrogens with one attached hydrogen (secondary N) is 1. The minimum atomic E-state index is -0.520. The summed E-state index contributed by atoms with van der Waals surface area (Å²) in [4.78, 5) is 44.4. The van der Waals surface area contributed by atoms with Gasteiger partial charge >= 0.3 is 0 Å². The predicted molar refractivity (Wildman–Crippen MR) is 129 cm³/mol. The van der Waals surface area contributed by atoms with Crippen LogP contribution in [0.4, 0.5) is 5.69 Å². The van der Waals surface area contributed by atoms with E-state index in [4.69, 9.17) is 9.47 Å². The molecule has 2 amide bonds. The van der Waals surface area contributed by atoms with Crippen LogP contribution in [0.15, 0.2) is 59.0 Å². The Morgan fingerprint density at radius 3 is 2.34 bits per heavy atom. The molecule has 0 saturated carbocycles. The second-order valence-electron chi connectivity index (χ2n) is 8.84. The number of aromatic amines is 1. The third-order valence-electron chi connectivity index (χ3n) is 6.68. The van der Waals surface area contributed by atoms with Gasteiger partial charge in [-0.2, -0.15) is 0 Å². The van der Waals surface area contributed by atoms with Gasteiger partial charge in [-0.25, -0.2) is 9.58 Å². The van der Waals surface area contributed by atoms with Crippen LogP contribution in [0.2, 0.25) is 0 Å². The number of imide groups is 1. The van der Waals surface area contributed by atoms with Gasteiger partial charge in [0.05, 0.1) is 22.5 Å². The molecule has 0 bridgehead atoms. The smallest absolute Gasteiger partial charge is 0.282 e. The molecular weight excluding hydrogens is 448 g/mol. The zero-order chi connectivity index (χ0) is 24.1. The summed E-state index contributed by atoms with van der Waals surface area (Å²) in [6.45, 7) is 3.15. The number of nitrogens with zero attached hydrogens (tertiary/aromatic N) is 3. The van der Waals surface area contributed by atoms with Crippen LogP contribution in [0.5, 0.6) is 11.5 Å². The fourth-order valence-corrected chi connectivity index (χ4v) is 5.01. The zero-order valence-electron chi connectivity index (χ0n) is 19.2. The van der Waals surface area contributed by atoms with Crippen molar-refractivity contribution in [1.29, 1.82) is 0 Å². The van der Waals surface area contributed by atoms with Gasteiger partial charge in [0.15, 0.2) is 11.5 Å². The molecule has 4 heterocycles. The summed E-state index contributed by atoms with van der Waals surface area (Å²) < 4.78 is 12.2. The Morgan fingerprint density at radius 2 is 1.57 bits per heavy atom. The van der Waals surface area contributed by atoms with E-state index in [0.29, 0.717) is 41.7 Å². The number of rotatable bonds is 4. The molecular formula is C26H24N4O5. The van der Waals surface area contributed by atoms with Crippen molar-refractivity contribution in [3.8, 4) is 17.2 Å². The number of likely N-dealkylation sites (tertiary alicyclic amines) is 1. The number of piperidine rings is 1. The van der Waals surface area contributed by atoms with Crippen molar-refractivity contribution >= 4 is 23.1 Å². The Labute approximate surface area is 201 Å². The topological polar surface area (TPSA) is 96.9 Å². The van der Waals surface area contributed by atoms with Crippen molar-refractivity contribution in [2.45, 2.75) is 26.2 Å². The molecule has 2 aromatic carbocycles. The van der Waals surface area contributed by atoms with Crippen LogP contribution in [0, 0.1) is 6.92 Å². The van der Waals surface area contributed by atoms with Gasteiger partial charge in [-0.05, 0) is 50.5 Å². The molecule has 1 N–H and O–H groups in total. The number of anilines is 1. The molecule has 1 saturated heterocycles. The number of amides is 2. The molecule has 0 radical (unpaired) electrons. The standard InChI is InChI=1S/C26H24N4O5/c1-16-21(25(32)30(27-16)17-8-4-2-5-9-17)22-23(28-12-6-3-7-13-28)26(33)29(24(22)31)18-10-11-19-20(14-18)35-15-34-19/h2,4-5,8-11,14,27H,3,6-7,12-13,15H2,1H3. The SMILES string of the molecule is Cc1[nH]n(-c2ccccc2)c(=O)c1C1=C(N2CCCCC2)C(=O)N(c2ccc3c(c2)OCO3)C1=O. The van der Waals surface area contributed by atoms with Crippen molar-refractivity contribution in [1.82, 2.24) is 14.7 Å². The second kappa shape index (κ2) is 8.19. The lowest BCUT2D eigenvalue weighted by molar-refractivity contribution is -0.120. The van der Waals surface area contributed by atoms with Crippen molar-refractivity contribution in [2.75, 3.05) is 24.8 Å². The summed E-state index contributed by atoms with van der Waals surface area (Å²) in [5.74, 6) is 0.0794. The molecule has 0 aliphatic carbocycles. The third kappa shape index (κ3) is 3.34. The molecule has 3 aliphatic heterocycles. The van der Waals surface area contributed by atoms with Gasteiger partial charge in [-0.3, -0.25) is 19.5 Å². The molecule has 0 unspecified atom stereocenters. The van der Waals surface area contributed by atoms with Gasteiger partial charge in [0, 0.05) is 24.8 Å². The molecule has 1 aromatic heterocycles. The Morgan fingerprint density at radius 1 is 0.829 bits per heavy atom. The van der Waals surface area contributed by atoms with E-state index >= 15 is 0 Å². The minimum absolute atomic E-state index is 0.0881. The summed E-state index contributed by atoms with van der Waals surface area (Å²) >= 11 is 0. The molecule has 35 heavy (non-hydrogen) atoms. The zero-order valence-corrected chi connectivity index (χ0v) is 19.2. The first-order valence-corrected chi connectivity index (χ1v) is 11.7. The molecule has 3 aromatic rings. The van der Waals surface area contributed by atoms with Crippen LogP contribution >= 0.6 is 0 Å². The average molecular weight is 473 g/mol. The van der Waals surface area contributed by atoms with Crippen molar-refractivity contribution < 1.29 is 19.1 Å². The van der Waals surface area contributed by atoms with Crippen molar-refractivity contribution in [3.05, 3.63) is 75.8 Å². The van der Waals surface area contributed by atoms with E-state index in [0.717, 1.165) is 24.2 Å². The first-order valence-electron chi connectivity index (χ1n) is 11.7. The van der Waals surface area contributed by atoms with Crippen LogP contribution in [0.3, 0.4) is 0 Å². The van der Waals surface area contributed by atoms with E-state index < -0.39 is 11.8 Å². The monoisotopic (exact) mass is 472 g/mol. The van der Waals surface area contributed by atoms with E-state index in [1.807, 2.05) is 35.2 Å². The van der Waals surface area contributed by atoms with Crippen molar-refractivity contribution in [2.24, 2.45) is 0 Å². The first-order chi connectivity index (χ1) is 17.0. The molecule has 6 rings (SSSR count). The predicted octanol–water partition coefficient (Wildman–Crippen LogP) is 2.97. The lowest BCUT2D eigenvalue weighted by Crippen LogP contribution is -2.37. The van der Waals surface area contributed by atoms with Gasteiger partial charge in [0.1, 0.15) is 5.70 Å². The maximum Gasteiger partial charge on any atom is 0.282 e. The van der Waals surface area contributed by atoms with Crippen LogP contribution in [-0.4, -0.2) is 46.4 Å². The van der Waals surface area contributed by atoms with E-state index in [-0.39, 0.29) is 29.2 Å². The Balaban J connectivity index is 1.51. The van der Waals surface area contributed by atoms with Gasteiger partial charge in [0.25, 0.3) is 17.4 Å². The summed E-state index contributed by atoms with van der Waals surface area (Å²) in [5.41, 5.74) is 1.83. The number of hydrogen-bond acceptors (Lipinski definition) is 6. The quantitative estimate of drug-likeness (QED) is 0.587. The summed E-state index contributed by atoms with van der Waals surface area (Å²) in [5, 5.41) is 3.09. The van der Waals surface area contributed by atoms with Gasteiger partial charge in [0.2, 0.25) is 6.79 Å². The maximum atomic E-state index is 13.9. The van der Waals surface area contributed by atoms with Crippen LogP contribution in [-0.2, 0) is 9.59 Å². The van der Waals surface area contributed by atoms with E-state index in [2.05, 4.69) is 5.10 Å². The Bertz CT molecular complexity index is 1430. The molecule has 178 valence electrons. The fourth-order valence-electron chi connectivity index (χ4n) is 5.01. The number of carbonyl (C=O) groups is 2. The molecule has 3 aliphatic rings. The van der Waals surface area contributed by atoms with Crippen LogP contribution in [0.1, 0.15) is 30.5 Å². The highest BCUT2D eigenvalue weighted by Gasteiger charge is 2.45. The number of aryl methyl sites for hydroxylation is 1. The van der Waals surface area contributed by atoms with E-state index in [1.54, 1.807) is 25.1 Å². The largest absolute Gasteiger partial charge is 0.454 e. The highest BCUT2D eigenvalue weighted by Crippen LogP contribution is 2.40. The maximum absolute atomic E-state index is 13.9. The number of fused-ring (bicyclic) bond motifs is 1. The van der Waals surface area contributed by atoms with E-state index in [1.165, 1.54) is 4.68 Å². The number of H-pyrrole nitrogens is 1. The molecule has 9 heteroatoms. The number of hydrogen-bond donors (Lipinski definition) is 1. The Kier molecular flexibility index (Phi) is 4.98. The van der Waals surface area contributed by atoms with Crippen LogP contribution in [0.25, 0.3) is 11.3 Å². The molecule has 0 atom stereocenters. The third-order valence-corrected chi connectivity index (χ3v) is 6.68. The highest BCUT2D eigenvalue weighted by atomic mass is 16.7. The van der Waals surface area contributed by atoms with E-state index in [9.17, 15) is 14.4 Å². The first kappa shape index (κ1) is 21.3. The van der Waals surface area contributed by atoms with Gasteiger partial charge < -0.3 is 14.4 Å². The normalized spacial score (nSPS) is 17.6. The van der Waals surface area contributed by atoms with Crippen LogP contribution < -0.4 is 19.9 Å². The van der Waals surface area contributed by atoms with Gasteiger partial charge in [-0.15, -0.1) is 0 Å². The number of carbonyl (C=O) groups excluding carboxylic acids is 2. The number of benzene rings is 2. The highest BCUT2D eigenvalue weighted by molar-refractivity contribution is 6.45. The minimum Gasteiger partial charge on any atom is -0.454 e. The molecule has 9 nitrogen and oxygen atoms in total. The number of para-hydroxylation sites is 1. The van der Waals surface area contributed by atoms with Crippen molar-refractivity contribution in [3.63, 3.8) is 0 Å². The van der Waals surface area contributed by atoms with Gasteiger partial charge in [-0.1, -0.05) is 18.2 Å². The second-order valence-corrected chi connectivity index (χ2v) is 8.84. The summed E-state index contributed by atoms with van der Waals surface area (Å²) in [6.07, 6.45) is 2.91.